The Morgan fingerprint density at radius 1 is 0.885 bits per heavy atom. The number of ether oxygens (including phenoxy) is 1. The highest BCUT2D eigenvalue weighted by molar-refractivity contribution is 5.83. The Hall–Kier alpha value is -3.07. The van der Waals surface area contributed by atoms with Gasteiger partial charge in [0, 0.05) is 6.54 Å². The quantitative estimate of drug-likeness (QED) is 0.658. The number of nitrogens with one attached hydrogen (secondary N) is 1. The second kappa shape index (κ2) is 8.86. The summed E-state index contributed by atoms with van der Waals surface area (Å²) in [6.45, 7) is 2.55. The average molecular weight is 345 g/mol. The van der Waals surface area contributed by atoms with Gasteiger partial charge in [0.15, 0.2) is 0 Å². The number of carbonyl (C=O) groups is 1. The van der Waals surface area contributed by atoms with Crippen LogP contribution in [0.2, 0.25) is 0 Å². The van der Waals surface area contributed by atoms with E-state index in [0.717, 1.165) is 23.5 Å². The van der Waals surface area contributed by atoms with Gasteiger partial charge in [-0.25, -0.2) is 0 Å². The Balaban J connectivity index is 1.57. The number of hydrogen-bond acceptors (Lipinski definition) is 2. The first-order valence-electron chi connectivity index (χ1n) is 8.87. The molecule has 0 unspecified atom stereocenters. The number of amides is 1. The standard InChI is InChI=1S/C23H23NO2/c1-18(23(25)24-16-15-19-9-4-2-5-10-19)20-11-8-14-22(17-20)26-21-12-6-3-7-13-21/h2-14,17-18H,15-16H2,1H3,(H,24,25)/t18-/m0/s1. The number of hydrogen-bond donors (Lipinski definition) is 1. The lowest BCUT2D eigenvalue weighted by Crippen LogP contribution is -2.29. The number of para-hydroxylation sites is 1. The largest absolute Gasteiger partial charge is 0.457 e. The number of rotatable bonds is 7. The summed E-state index contributed by atoms with van der Waals surface area (Å²) in [5, 5.41) is 3.02. The molecule has 0 aliphatic carbocycles. The van der Waals surface area contributed by atoms with E-state index in [0.29, 0.717) is 6.54 Å². The molecule has 3 aromatic carbocycles. The van der Waals surface area contributed by atoms with Crippen molar-refractivity contribution in [1.29, 1.82) is 0 Å². The summed E-state index contributed by atoms with van der Waals surface area (Å²) in [5.41, 5.74) is 2.16. The monoisotopic (exact) mass is 345 g/mol. The van der Waals surface area contributed by atoms with Gasteiger partial charge in [0.05, 0.1) is 5.92 Å². The van der Waals surface area contributed by atoms with E-state index in [4.69, 9.17) is 4.74 Å². The molecule has 0 fully saturated rings. The van der Waals surface area contributed by atoms with Crippen molar-refractivity contribution in [1.82, 2.24) is 5.32 Å². The normalized spacial score (nSPS) is 11.6. The molecule has 3 aromatic rings. The lowest BCUT2D eigenvalue weighted by Gasteiger charge is -2.14. The van der Waals surface area contributed by atoms with Gasteiger partial charge >= 0.3 is 0 Å². The second-order valence-corrected chi connectivity index (χ2v) is 6.24. The summed E-state index contributed by atoms with van der Waals surface area (Å²) in [6.07, 6.45) is 0.830. The molecule has 0 aliphatic heterocycles. The fourth-order valence-electron chi connectivity index (χ4n) is 2.75. The van der Waals surface area contributed by atoms with Crippen molar-refractivity contribution < 1.29 is 9.53 Å². The maximum Gasteiger partial charge on any atom is 0.227 e. The Labute approximate surface area is 154 Å². The van der Waals surface area contributed by atoms with Crippen LogP contribution in [-0.2, 0) is 11.2 Å². The molecule has 26 heavy (non-hydrogen) atoms. The van der Waals surface area contributed by atoms with Gasteiger partial charge in [0.1, 0.15) is 11.5 Å². The third-order valence-corrected chi connectivity index (χ3v) is 4.29. The molecule has 0 saturated heterocycles. The van der Waals surface area contributed by atoms with Crippen LogP contribution in [0, 0.1) is 0 Å². The van der Waals surface area contributed by atoms with Gasteiger partial charge in [-0.2, -0.15) is 0 Å². The van der Waals surface area contributed by atoms with Gasteiger partial charge in [-0.15, -0.1) is 0 Å². The van der Waals surface area contributed by atoms with E-state index in [2.05, 4.69) is 17.4 Å². The zero-order chi connectivity index (χ0) is 18.2. The van der Waals surface area contributed by atoms with Crippen molar-refractivity contribution in [2.24, 2.45) is 0 Å². The molecule has 0 bridgehead atoms. The van der Waals surface area contributed by atoms with Crippen molar-refractivity contribution >= 4 is 5.91 Å². The van der Waals surface area contributed by atoms with Gasteiger partial charge in [-0.05, 0) is 48.7 Å². The van der Waals surface area contributed by atoms with Crippen molar-refractivity contribution in [3.63, 3.8) is 0 Å². The minimum atomic E-state index is -0.231. The maximum absolute atomic E-state index is 12.5. The van der Waals surface area contributed by atoms with E-state index >= 15 is 0 Å². The first kappa shape index (κ1) is 17.7. The third kappa shape index (κ3) is 4.96. The SMILES string of the molecule is C[C@H](C(=O)NCCc1ccccc1)c1cccc(Oc2ccccc2)c1. The number of benzene rings is 3. The van der Waals surface area contributed by atoms with Crippen molar-refractivity contribution in [2.75, 3.05) is 6.54 Å². The van der Waals surface area contributed by atoms with Crippen LogP contribution in [0.5, 0.6) is 11.5 Å². The molecular weight excluding hydrogens is 322 g/mol. The van der Waals surface area contributed by atoms with Crippen LogP contribution >= 0.6 is 0 Å². The summed E-state index contributed by atoms with van der Waals surface area (Å²) in [6, 6.07) is 27.5. The molecule has 132 valence electrons. The van der Waals surface area contributed by atoms with Gasteiger partial charge in [0.25, 0.3) is 0 Å². The highest BCUT2D eigenvalue weighted by Gasteiger charge is 2.15. The summed E-state index contributed by atoms with van der Waals surface area (Å²) in [4.78, 5) is 12.5. The average Bonchev–Trinajstić information content (AvgIpc) is 2.69. The Bertz CT molecular complexity index is 831. The Kier molecular flexibility index (Phi) is 6.05. The third-order valence-electron chi connectivity index (χ3n) is 4.29. The van der Waals surface area contributed by atoms with Crippen LogP contribution in [0.3, 0.4) is 0 Å². The van der Waals surface area contributed by atoms with Crippen LogP contribution in [0.25, 0.3) is 0 Å². The van der Waals surface area contributed by atoms with Crippen molar-refractivity contribution in [2.45, 2.75) is 19.3 Å². The van der Waals surface area contributed by atoms with Crippen LogP contribution in [-0.4, -0.2) is 12.5 Å². The molecule has 3 rings (SSSR count). The van der Waals surface area contributed by atoms with E-state index in [1.165, 1.54) is 5.56 Å². The molecule has 0 heterocycles. The molecule has 0 radical (unpaired) electrons. The Morgan fingerprint density at radius 3 is 2.27 bits per heavy atom. The van der Waals surface area contributed by atoms with Crippen molar-refractivity contribution in [3.05, 3.63) is 96.1 Å². The zero-order valence-electron chi connectivity index (χ0n) is 14.9. The maximum atomic E-state index is 12.5. The minimum absolute atomic E-state index is 0.0257. The molecule has 1 atom stereocenters. The van der Waals surface area contributed by atoms with Crippen LogP contribution in [0.15, 0.2) is 84.9 Å². The molecule has 0 saturated carbocycles. The van der Waals surface area contributed by atoms with Gasteiger partial charge in [0.2, 0.25) is 5.91 Å². The van der Waals surface area contributed by atoms with Gasteiger partial charge < -0.3 is 10.1 Å². The molecule has 3 heteroatoms. The molecular formula is C23H23NO2. The molecule has 3 nitrogen and oxygen atoms in total. The summed E-state index contributed by atoms with van der Waals surface area (Å²) in [5.74, 6) is 1.31. The van der Waals surface area contributed by atoms with E-state index in [1.807, 2.05) is 79.7 Å². The van der Waals surface area contributed by atoms with Gasteiger partial charge in [-0.3, -0.25) is 4.79 Å². The predicted molar refractivity (Wildman–Crippen MR) is 105 cm³/mol. The lowest BCUT2D eigenvalue weighted by molar-refractivity contribution is -0.122. The smallest absolute Gasteiger partial charge is 0.227 e. The fourth-order valence-corrected chi connectivity index (χ4v) is 2.75. The first-order valence-corrected chi connectivity index (χ1v) is 8.87. The van der Waals surface area contributed by atoms with Gasteiger partial charge in [-0.1, -0.05) is 60.7 Å². The van der Waals surface area contributed by atoms with E-state index < -0.39 is 0 Å². The minimum Gasteiger partial charge on any atom is -0.457 e. The Morgan fingerprint density at radius 2 is 1.54 bits per heavy atom. The topological polar surface area (TPSA) is 38.3 Å². The molecule has 1 N–H and O–H groups in total. The van der Waals surface area contributed by atoms with Crippen LogP contribution in [0.1, 0.15) is 24.0 Å². The number of carbonyl (C=O) groups excluding carboxylic acids is 1. The van der Waals surface area contributed by atoms with Crippen LogP contribution in [0.4, 0.5) is 0 Å². The molecule has 1 amide bonds. The van der Waals surface area contributed by atoms with E-state index in [-0.39, 0.29) is 11.8 Å². The highest BCUT2D eigenvalue weighted by Crippen LogP contribution is 2.25. The van der Waals surface area contributed by atoms with Crippen molar-refractivity contribution in [3.8, 4) is 11.5 Å². The fraction of sp³-hybridized carbons (Fsp3) is 0.174. The zero-order valence-corrected chi connectivity index (χ0v) is 14.9. The highest BCUT2D eigenvalue weighted by atomic mass is 16.5. The lowest BCUT2D eigenvalue weighted by atomic mass is 10.00. The second-order valence-electron chi connectivity index (χ2n) is 6.24. The molecule has 0 spiro atoms. The summed E-state index contributed by atoms with van der Waals surface area (Å²) in [7, 11) is 0. The first-order chi connectivity index (χ1) is 12.7. The predicted octanol–water partition coefficient (Wildman–Crippen LogP) is 4.94. The van der Waals surface area contributed by atoms with E-state index in [9.17, 15) is 4.79 Å². The summed E-state index contributed by atoms with van der Waals surface area (Å²) < 4.78 is 5.86. The van der Waals surface area contributed by atoms with Crippen LogP contribution < -0.4 is 10.1 Å². The summed E-state index contributed by atoms with van der Waals surface area (Å²) >= 11 is 0. The molecule has 0 aromatic heterocycles. The molecule has 0 aliphatic rings. The van der Waals surface area contributed by atoms with E-state index in [1.54, 1.807) is 0 Å².